The van der Waals surface area contributed by atoms with Gasteiger partial charge in [-0.25, -0.2) is 4.79 Å². The molecule has 0 radical (unpaired) electrons. The smallest absolute Gasteiger partial charge is 0.377 e. The summed E-state index contributed by atoms with van der Waals surface area (Å²) in [5.41, 5.74) is 0.616. The fourth-order valence-corrected chi connectivity index (χ4v) is 1.67. The minimum atomic E-state index is -0.726. The second-order valence-electron chi connectivity index (χ2n) is 3.83. The summed E-state index contributed by atoms with van der Waals surface area (Å²) in [6, 6.07) is 7.04. The van der Waals surface area contributed by atoms with Crippen LogP contribution in [-0.4, -0.2) is 31.7 Å². The maximum absolute atomic E-state index is 11.6. The third-order valence-corrected chi connectivity index (χ3v) is 2.84. The molecule has 106 valence electrons. The van der Waals surface area contributed by atoms with Crippen molar-refractivity contribution in [1.82, 2.24) is 0 Å². The number of benzene rings is 1. The van der Waals surface area contributed by atoms with Crippen molar-refractivity contribution in [2.75, 3.05) is 25.1 Å². The maximum Gasteiger partial charge on any atom is 0.377 e. The van der Waals surface area contributed by atoms with E-state index in [1.54, 1.807) is 24.3 Å². The number of hydrogen-bond acceptors (Lipinski definition) is 5. The predicted molar refractivity (Wildman–Crippen MR) is 73.7 cm³/mol. The Morgan fingerprint density at radius 1 is 1.25 bits per heavy atom. The summed E-state index contributed by atoms with van der Waals surface area (Å²) in [7, 11) is 0. The molecule has 6 nitrogen and oxygen atoms in total. The minimum Gasteiger partial charge on any atom is -0.493 e. The Morgan fingerprint density at radius 3 is 2.65 bits per heavy atom. The molecule has 0 saturated heterocycles. The lowest BCUT2D eigenvalue weighted by atomic mass is 10.3. The lowest BCUT2D eigenvalue weighted by molar-refractivity contribution is -0.148. The van der Waals surface area contributed by atoms with Crippen LogP contribution in [0.2, 0.25) is 0 Å². The number of rotatable bonds is 4. The second-order valence-corrected chi connectivity index (χ2v) is 4.75. The minimum absolute atomic E-state index is 0.0345. The van der Waals surface area contributed by atoms with Gasteiger partial charge in [0.2, 0.25) is 5.76 Å². The third-order valence-electron chi connectivity index (χ3n) is 2.31. The Kier molecular flexibility index (Phi) is 5.00. The Balaban J connectivity index is 1.78. The lowest BCUT2D eigenvalue weighted by Gasteiger charge is -2.14. The van der Waals surface area contributed by atoms with E-state index < -0.39 is 18.5 Å². The molecule has 1 aliphatic heterocycles. The van der Waals surface area contributed by atoms with Gasteiger partial charge in [0.1, 0.15) is 19.5 Å². The first-order valence-electron chi connectivity index (χ1n) is 5.82. The fraction of sp³-hybridized carbons (Fsp3) is 0.231. The number of carbonyl (C=O) groups excluding carboxylic acids is 2. The van der Waals surface area contributed by atoms with Gasteiger partial charge in [-0.3, -0.25) is 4.79 Å². The van der Waals surface area contributed by atoms with Crippen molar-refractivity contribution in [3.8, 4) is 0 Å². The number of nitrogens with one attached hydrogen (secondary N) is 1. The van der Waals surface area contributed by atoms with E-state index in [0.29, 0.717) is 12.3 Å². The monoisotopic (exact) mass is 341 g/mol. The van der Waals surface area contributed by atoms with E-state index in [1.807, 2.05) is 0 Å². The number of anilines is 1. The average molecular weight is 342 g/mol. The van der Waals surface area contributed by atoms with Gasteiger partial charge in [-0.15, -0.1) is 0 Å². The summed E-state index contributed by atoms with van der Waals surface area (Å²) in [5, 5.41) is 2.60. The molecule has 1 aromatic carbocycles. The van der Waals surface area contributed by atoms with E-state index in [1.165, 1.54) is 6.26 Å². The molecule has 0 atom stereocenters. The van der Waals surface area contributed by atoms with Crippen LogP contribution in [0.3, 0.4) is 0 Å². The molecule has 0 unspecified atom stereocenters. The predicted octanol–water partition coefficient (Wildman–Crippen LogP) is 1.82. The van der Waals surface area contributed by atoms with Gasteiger partial charge in [0.05, 0.1) is 0 Å². The average Bonchev–Trinajstić information content (AvgIpc) is 2.48. The van der Waals surface area contributed by atoms with Crippen LogP contribution in [0.4, 0.5) is 5.69 Å². The highest BCUT2D eigenvalue weighted by molar-refractivity contribution is 9.10. The van der Waals surface area contributed by atoms with Crippen LogP contribution < -0.4 is 5.32 Å². The second kappa shape index (κ2) is 6.95. The number of ether oxygens (including phenoxy) is 3. The van der Waals surface area contributed by atoms with Crippen LogP contribution in [0.15, 0.2) is 40.8 Å². The quantitative estimate of drug-likeness (QED) is 0.845. The molecule has 2 rings (SSSR count). The van der Waals surface area contributed by atoms with Crippen LogP contribution in [0, 0.1) is 0 Å². The molecule has 1 aromatic rings. The van der Waals surface area contributed by atoms with Crippen molar-refractivity contribution in [3.63, 3.8) is 0 Å². The Labute approximate surface area is 123 Å². The summed E-state index contributed by atoms with van der Waals surface area (Å²) in [4.78, 5) is 23.1. The molecular weight excluding hydrogens is 330 g/mol. The highest BCUT2D eigenvalue weighted by Gasteiger charge is 2.17. The first-order valence-corrected chi connectivity index (χ1v) is 6.61. The first-order chi connectivity index (χ1) is 9.65. The number of carbonyl (C=O) groups is 2. The molecule has 0 saturated carbocycles. The van der Waals surface area contributed by atoms with Crippen molar-refractivity contribution in [3.05, 3.63) is 40.8 Å². The van der Waals surface area contributed by atoms with E-state index >= 15 is 0 Å². The summed E-state index contributed by atoms with van der Waals surface area (Å²) in [5.74, 6) is -1.19. The zero-order valence-electron chi connectivity index (χ0n) is 10.4. The molecule has 0 fully saturated rings. The van der Waals surface area contributed by atoms with Crippen molar-refractivity contribution >= 4 is 33.5 Å². The first kappa shape index (κ1) is 14.4. The van der Waals surface area contributed by atoms with Gasteiger partial charge in [0, 0.05) is 10.2 Å². The number of halogens is 1. The van der Waals surface area contributed by atoms with Crippen LogP contribution in [-0.2, 0) is 23.8 Å². The van der Waals surface area contributed by atoms with Crippen molar-refractivity contribution in [2.45, 2.75) is 0 Å². The standard InChI is InChI=1S/C13H12BrNO5/c14-9-1-3-10(4-2-9)15-12(16)8-20-13(17)11-7-18-5-6-19-11/h1-4,7H,5-6,8H2,(H,15,16). The van der Waals surface area contributed by atoms with E-state index in [0.717, 1.165) is 4.47 Å². The maximum atomic E-state index is 11.6. The van der Waals surface area contributed by atoms with Crippen molar-refractivity contribution in [2.24, 2.45) is 0 Å². The number of hydrogen-bond donors (Lipinski definition) is 1. The van der Waals surface area contributed by atoms with Gasteiger partial charge >= 0.3 is 5.97 Å². The Morgan fingerprint density at radius 2 is 2.00 bits per heavy atom. The Bertz CT molecular complexity index is 526. The molecule has 20 heavy (non-hydrogen) atoms. The molecule has 0 aromatic heterocycles. The highest BCUT2D eigenvalue weighted by atomic mass is 79.9. The van der Waals surface area contributed by atoms with Crippen molar-refractivity contribution < 1.29 is 23.8 Å². The summed E-state index contributed by atoms with van der Waals surface area (Å²) in [6.07, 6.45) is 1.18. The molecule has 1 amide bonds. The van der Waals surface area contributed by atoms with Gasteiger partial charge in [0.15, 0.2) is 6.61 Å². The summed E-state index contributed by atoms with van der Waals surface area (Å²) >= 11 is 3.29. The SMILES string of the molecule is O=C(COC(=O)C1=COCCO1)Nc1ccc(Br)cc1. The summed E-state index contributed by atoms with van der Waals surface area (Å²) < 4.78 is 15.7. The third kappa shape index (κ3) is 4.27. The van der Waals surface area contributed by atoms with Crippen LogP contribution >= 0.6 is 15.9 Å². The van der Waals surface area contributed by atoms with E-state index in [4.69, 9.17) is 14.2 Å². The molecule has 0 spiro atoms. The topological polar surface area (TPSA) is 73.9 Å². The molecular formula is C13H12BrNO5. The normalized spacial score (nSPS) is 13.6. The largest absolute Gasteiger partial charge is 0.493 e. The molecule has 1 heterocycles. The van der Waals surface area contributed by atoms with Crippen molar-refractivity contribution in [1.29, 1.82) is 0 Å². The van der Waals surface area contributed by atoms with Crippen LogP contribution in [0.1, 0.15) is 0 Å². The fourth-order valence-electron chi connectivity index (χ4n) is 1.41. The summed E-state index contributed by atoms with van der Waals surface area (Å²) in [6.45, 7) is 0.280. The van der Waals surface area contributed by atoms with Gasteiger partial charge in [-0.2, -0.15) is 0 Å². The van der Waals surface area contributed by atoms with E-state index in [9.17, 15) is 9.59 Å². The number of amides is 1. The van der Waals surface area contributed by atoms with Gasteiger partial charge < -0.3 is 19.5 Å². The van der Waals surface area contributed by atoms with Gasteiger partial charge in [-0.05, 0) is 24.3 Å². The lowest BCUT2D eigenvalue weighted by Crippen LogP contribution is -2.23. The molecule has 0 bridgehead atoms. The van der Waals surface area contributed by atoms with Crippen LogP contribution in [0.5, 0.6) is 0 Å². The molecule has 1 aliphatic rings. The zero-order chi connectivity index (χ0) is 14.4. The van der Waals surface area contributed by atoms with Gasteiger partial charge in [0.25, 0.3) is 5.91 Å². The van der Waals surface area contributed by atoms with Gasteiger partial charge in [-0.1, -0.05) is 15.9 Å². The Hall–Kier alpha value is -2.02. The number of esters is 1. The van der Waals surface area contributed by atoms with E-state index in [-0.39, 0.29) is 12.4 Å². The zero-order valence-corrected chi connectivity index (χ0v) is 12.0. The molecule has 0 aliphatic carbocycles. The van der Waals surface area contributed by atoms with E-state index in [2.05, 4.69) is 21.2 Å². The molecule has 7 heteroatoms. The highest BCUT2D eigenvalue weighted by Crippen LogP contribution is 2.14. The molecule has 1 N–H and O–H groups in total. The van der Waals surface area contributed by atoms with Crippen LogP contribution in [0.25, 0.3) is 0 Å².